The second kappa shape index (κ2) is 5.70. The Morgan fingerprint density at radius 3 is 2.00 bits per heavy atom. The monoisotopic (exact) mass is 270 g/mol. The van der Waals surface area contributed by atoms with E-state index in [0.29, 0.717) is 0 Å². The minimum atomic E-state index is -0.455. The number of rotatable bonds is 3. The van der Waals surface area contributed by atoms with Gasteiger partial charge in [-0.25, -0.2) is 4.79 Å². The Kier molecular flexibility index (Phi) is 4.88. The van der Waals surface area contributed by atoms with Gasteiger partial charge in [0.05, 0.1) is 5.54 Å². The van der Waals surface area contributed by atoms with E-state index in [1.165, 1.54) is 6.42 Å². The summed E-state index contributed by atoms with van der Waals surface area (Å²) in [6.07, 6.45) is 5.25. The van der Waals surface area contributed by atoms with Crippen LogP contribution in [-0.2, 0) is 4.74 Å². The zero-order valence-corrected chi connectivity index (χ0v) is 13.4. The van der Waals surface area contributed by atoms with Crippen LogP contribution in [0.1, 0.15) is 66.7 Å². The molecule has 1 aliphatic rings. The number of nitrogens with one attached hydrogen (secondary N) is 2. The van der Waals surface area contributed by atoms with Crippen molar-refractivity contribution in [3.63, 3.8) is 0 Å². The molecule has 19 heavy (non-hydrogen) atoms. The lowest BCUT2D eigenvalue weighted by Gasteiger charge is -2.49. The average molecular weight is 270 g/mol. The highest BCUT2D eigenvalue weighted by Gasteiger charge is 2.46. The van der Waals surface area contributed by atoms with Crippen LogP contribution in [-0.4, -0.2) is 29.8 Å². The van der Waals surface area contributed by atoms with Crippen LogP contribution >= 0.6 is 0 Å². The molecule has 4 nitrogen and oxygen atoms in total. The van der Waals surface area contributed by atoms with E-state index >= 15 is 0 Å². The zero-order chi connectivity index (χ0) is 14.7. The second-order valence-corrected chi connectivity index (χ2v) is 7.14. The molecule has 0 bridgehead atoms. The van der Waals surface area contributed by atoms with E-state index in [1.807, 2.05) is 27.8 Å². The van der Waals surface area contributed by atoms with Crippen molar-refractivity contribution >= 4 is 6.09 Å². The summed E-state index contributed by atoms with van der Waals surface area (Å²) in [7, 11) is 1.95. The molecular weight excluding hydrogens is 240 g/mol. The number of hydrogen-bond acceptors (Lipinski definition) is 3. The van der Waals surface area contributed by atoms with Gasteiger partial charge in [-0.15, -0.1) is 0 Å². The van der Waals surface area contributed by atoms with Gasteiger partial charge < -0.3 is 15.4 Å². The van der Waals surface area contributed by atoms with Crippen LogP contribution in [0.4, 0.5) is 4.79 Å². The maximum absolute atomic E-state index is 12.1. The van der Waals surface area contributed by atoms with Gasteiger partial charge in [0.25, 0.3) is 0 Å². The van der Waals surface area contributed by atoms with E-state index in [2.05, 4.69) is 24.5 Å². The Morgan fingerprint density at radius 2 is 1.58 bits per heavy atom. The molecule has 0 radical (unpaired) electrons. The first-order chi connectivity index (χ1) is 8.62. The third-order valence-corrected chi connectivity index (χ3v) is 4.27. The zero-order valence-electron chi connectivity index (χ0n) is 13.4. The molecule has 0 aromatic rings. The summed E-state index contributed by atoms with van der Waals surface area (Å²) in [5.41, 5.74) is -0.823. The molecule has 1 aliphatic carbocycles. The standard InChI is InChI=1S/C15H30N2O2/c1-13(2,3)19-12(18)17-15(14(4,5)16-6)10-8-7-9-11-15/h16H,7-11H2,1-6H3,(H,17,18). The van der Waals surface area contributed by atoms with E-state index in [0.717, 1.165) is 25.7 Å². The lowest BCUT2D eigenvalue weighted by Crippen LogP contribution is -2.67. The number of alkyl carbamates (subject to hydrolysis) is 1. The fraction of sp³-hybridized carbons (Fsp3) is 0.933. The largest absolute Gasteiger partial charge is 0.444 e. The van der Waals surface area contributed by atoms with Crippen molar-refractivity contribution in [3.05, 3.63) is 0 Å². The number of carbonyl (C=O) groups is 1. The van der Waals surface area contributed by atoms with Gasteiger partial charge in [0.2, 0.25) is 0 Å². The van der Waals surface area contributed by atoms with Crippen molar-refractivity contribution in [2.75, 3.05) is 7.05 Å². The van der Waals surface area contributed by atoms with Crippen LogP contribution in [0.25, 0.3) is 0 Å². The maximum atomic E-state index is 12.1. The Hall–Kier alpha value is -0.770. The van der Waals surface area contributed by atoms with Gasteiger partial charge in [-0.05, 0) is 54.5 Å². The normalized spacial score (nSPS) is 19.9. The van der Waals surface area contributed by atoms with Gasteiger partial charge in [-0.2, -0.15) is 0 Å². The van der Waals surface area contributed by atoms with Crippen molar-refractivity contribution in [2.24, 2.45) is 0 Å². The average Bonchev–Trinajstić information content (AvgIpc) is 2.27. The molecule has 0 heterocycles. The SMILES string of the molecule is CNC(C)(C)C1(NC(=O)OC(C)(C)C)CCCCC1. The van der Waals surface area contributed by atoms with Crippen LogP contribution in [0.2, 0.25) is 0 Å². The molecule has 0 saturated heterocycles. The quantitative estimate of drug-likeness (QED) is 0.828. The third kappa shape index (κ3) is 4.10. The van der Waals surface area contributed by atoms with Crippen molar-refractivity contribution in [1.82, 2.24) is 10.6 Å². The topological polar surface area (TPSA) is 50.4 Å². The van der Waals surface area contributed by atoms with E-state index in [1.54, 1.807) is 0 Å². The molecule has 112 valence electrons. The van der Waals surface area contributed by atoms with Crippen molar-refractivity contribution < 1.29 is 9.53 Å². The molecular formula is C15H30N2O2. The number of hydrogen-bond donors (Lipinski definition) is 2. The summed E-state index contributed by atoms with van der Waals surface area (Å²) in [6, 6.07) is 0. The van der Waals surface area contributed by atoms with Gasteiger partial charge in [0.15, 0.2) is 0 Å². The minimum Gasteiger partial charge on any atom is -0.444 e. The van der Waals surface area contributed by atoms with Crippen LogP contribution in [0, 0.1) is 0 Å². The van der Waals surface area contributed by atoms with E-state index in [-0.39, 0.29) is 17.2 Å². The summed E-state index contributed by atoms with van der Waals surface area (Å²) in [4.78, 5) is 12.1. The van der Waals surface area contributed by atoms with Crippen LogP contribution in [0.15, 0.2) is 0 Å². The Balaban J connectivity index is 2.84. The Bertz CT molecular complexity index is 313. The van der Waals surface area contributed by atoms with E-state index < -0.39 is 5.60 Å². The molecule has 2 N–H and O–H groups in total. The fourth-order valence-corrected chi connectivity index (χ4v) is 2.80. The molecule has 0 unspecified atom stereocenters. The van der Waals surface area contributed by atoms with Gasteiger partial charge >= 0.3 is 6.09 Å². The number of likely N-dealkylation sites (N-methyl/N-ethyl adjacent to an activating group) is 1. The molecule has 0 aliphatic heterocycles. The van der Waals surface area contributed by atoms with Crippen LogP contribution in [0.3, 0.4) is 0 Å². The van der Waals surface area contributed by atoms with Gasteiger partial charge in [0, 0.05) is 5.54 Å². The molecule has 1 fully saturated rings. The molecule has 1 rings (SSSR count). The lowest BCUT2D eigenvalue weighted by atomic mass is 9.69. The van der Waals surface area contributed by atoms with Gasteiger partial charge in [-0.3, -0.25) is 0 Å². The molecule has 1 saturated carbocycles. The summed E-state index contributed by atoms with van der Waals surface area (Å²) in [6.45, 7) is 9.97. The number of ether oxygens (including phenoxy) is 1. The number of amides is 1. The first kappa shape index (κ1) is 16.3. The highest BCUT2D eigenvalue weighted by Crippen LogP contribution is 2.37. The smallest absolute Gasteiger partial charge is 0.408 e. The summed E-state index contributed by atoms with van der Waals surface area (Å²) in [5.74, 6) is 0. The number of carbonyl (C=O) groups excluding carboxylic acids is 1. The maximum Gasteiger partial charge on any atom is 0.408 e. The van der Waals surface area contributed by atoms with Crippen LogP contribution in [0.5, 0.6) is 0 Å². The predicted octanol–water partition coefficient (Wildman–Crippen LogP) is 3.21. The Labute approximate surface area is 117 Å². The van der Waals surface area contributed by atoms with Crippen molar-refractivity contribution in [3.8, 4) is 0 Å². The predicted molar refractivity (Wildman–Crippen MR) is 78.3 cm³/mol. The van der Waals surface area contributed by atoms with E-state index in [9.17, 15) is 4.79 Å². The molecule has 0 aromatic heterocycles. The fourth-order valence-electron chi connectivity index (χ4n) is 2.80. The minimum absolute atomic E-state index is 0.148. The molecule has 4 heteroatoms. The summed E-state index contributed by atoms with van der Waals surface area (Å²) >= 11 is 0. The lowest BCUT2D eigenvalue weighted by molar-refractivity contribution is 0.0308. The van der Waals surface area contributed by atoms with Gasteiger partial charge in [0.1, 0.15) is 5.60 Å². The van der Waals surface area contributed by atoms with Gasteiger partial charge in [-0.1, -0.05) is 19.3 Å². The highest BCUT2D eigenvalue weighted by molar-refractivity contribution is 5.69. The first-order valence-corrected chi connectivity index (χ1v) is 7.32. The summed E-state index contributed by atoms with van der Waals surface area (Å²) < 4.78 is 5.43. The highest BCUT2D eigenvalue weighted by atomic mass is 16.6. The Morgan fingerprint density at radius 1 is 1.05 bits per heavy atom. The first-order valence-electron chi connectivity index (χ1n) is 7.32. The van der Waals surface area contributed by atoms with E-state index in [4.69, 9.17) is 4.74 Å². The summed E-state index contributed by atoms with van der Waals surface area (Å²) in [5, 5.41) is 6.51. The molecule has 1 amide bonds. The third-order valence-electron chi connectivity index (χ3n) is 4.27. The van der Waals surface area contributed by atoms with Crippen molar-refractivity contribution in [1.29, 1.82) is 0 Å². The molecule has 0 atom stereocenters. The second-order valence-electron chi connectivity index (χ2n) is 7.14. The van der Waals surface area contributed by atoms with Crippen LogP contribution < -0.4 is 10.6 Å². The molecule has 0 aromatic carbocycles. The van der Waals surface area contributed by atoms with Crippen molar-refractivity contribution in [2.45, 2.75) is 83.4 Å². The molecule has 0 spiro atoms.